The number of carbonyl (C=O) groups is 1. The lowest BCUT2D eigenvalue weighted by Crippen LogP contribution is -2.45. The van der Waals surface area contributed by atoms with Crippen LogP contribution in [0.5, 0.6) is 0 Å². The Morgan fingerprint density at radius 2 is 1.62 bits per heavy atom. The Morgan fingerprint density at radius 3 is 2.38 bits per heavy atom. The average molecular weight is 446 g/mol. The second-order valence-corrected chi connectivity index (χ2v) is 9.23. The number of hydrogen-bond donors (Lipinski definition) is 2. The van der Waals surface area contributed by atoms with Gasteiger partial charge in [-0.3, -0.25) is 9.78 Å². The molecule has 0 spiro atoms. The predicted molar refractivity (Wildman–Crippen MR) is 126 cm³/mol. The Labute approximate surface area is 187 Å². The molecule has 0 saturated carbocycles. The first-order chi connectivity index (χ1) is 15.4. The second kappa shape index (κ2) is 9.30. The van der Waals surface area contributed by atoms with Gasteiger partial charge in [-0.1, -0.05) is 66.2 Å². The van der Waals surface area contributed by atoms with Crippen molar-refractivity contribution in [3.05, 3.63) is 102 Å². The molecule has 0 aliphatic heterocycles. The van der Waals surface area contributed by atoms with E-state index in [0.29, 0.717) is 16.6 Å². The first-order valence-electron chi connectivity index (χ1n) is 10.2. The van der Waals surface area contributed by atoms with Crippen molar-refractivity contribution >= 4 is 32.5 Å². The van der Waals surface area contributed by atoms with Crippen LogP contribution in [0.1, 0.15) is 11.1 Å². The van der Waals surface area contributed by atoms with Crippen molar-refractivity contribution in [3.63, 3.8) is 0 Å². The monoisotopic (exact) mass is 445 g/mol. The highest BCUT2D eigenvalue weighted by atomic mass is 32.2. The first kappa shape index (κ1) is 21.7. The van der Waals surface area contributed by atoms with Crippen LogP contribution in [0.4, 0.5) is 5.69 Å². The van der Waals surface area contributed by atoms with Crippen molar-refractivity contribution in [2.75, 3.05) is 5.32 Å². The van der Waals surface area contributed by atoms with Crippen LogP contribution in [-0.4, -0.2) is 25.4 Å². The molecule has 2 N–H and O–H groups in total. The van der Waals surface area contributed by atoms with E-state index in [0.717, 1.165) is 11.1 Å². The Bertz CT molecular complexity index is 1330. The molecule has 1 amide bonds. The molecule has 0 radical (unpaired) electrons. The van der Waals surface area contributed by atoms with Crippen molar-refractivity contribution in [2.24, 2.45) is 0 Å². The number of hydrogen-bond acceptors (Lipinski definition) is 4. The topological polar surface area (TPSA) is 88.2 Å². The van der Waals surface area contributed by atoms with E-state index in [1.54, 1.807) is 42.6 Å². The molecular weight excluding hydrogens is 422 g/mol. The highest BCUT2D eigenvalue weighted by molar-refractivity contribution is 7.89. The van der Waals surface area contributed by atoms with Gasteiger partial charge in [0.2, 0.25) is 15.9 Å². The fourth-order valence-electron chi connectivity index (χ4n) is 3.45. The maximum absolute atomic E-state index is 13.3. The molecule has 4 aromatic rings. The predicted octanol–water partition coefficient (Wildman–Crippen LogP) is 4.07. The lowest BCUT2D eigenvalue weighted by molar-refractivity contribution is -0.117. The van der Waals surface area contributed by atoms with Crippen LogP contribution < -0.4 is 10.0 Å². The van der Waals surface area contributed by atoms with Gasteiger partial charge in [-0.2, -0.15) is 4.72 Å². The van der Waals surface area contributed by atoms with Gasteiger partial charge in [-0.25, -0.2) is 8.42 Å². The van der Waals surface area contributed by atoms with Gasteiger partial charge < -0.3 is 5.32 Å². The van der Waals surface area contributed by atoms with Gasteiger partial charge in [0, 0.05) is 17.3 Å². The lowest BCUT2D eigenvalue weighted by Gasteiger charge is -2.19. The minimum absolute atomic E-state index is 0.0387. The summed E-state index contributed by atoms with van der Waals surface area (Å²) in [5.41, 5.74) is 2.87. The van der Waals surface area contributed by atoms with Gasteiger partial charge in [0.1, 0.15) is 10.9 Å². The number of nitrogens with zero attached hydrogens (tertiary/aromatic N) is 1. The normalized spacial score (nSPS) is 12.4. The molecule has 0 saturated heterocycles. The van der Waals surface area contributed by atoms with E-state index < -0.39 is 22.0 Å². The Hall–Kier alpha value is -3.55. The largest absolute Gasteiger partial charge is 0.325 e. The lowest BCUT2D eigenvalue weighted by atomic mass is 10.1. The number of nitrogens with one attached hydrogen (secondary N) is 2. The van der Waals surface area contributed by atoms with Crippen LogP contribution in [-0.2, 0) is 21.2 Å². The third-order valence-electron chi connectivity index (χ3n) is 5.10. The van der Waals surface area contributed by atoms with Crippen molar-refractivity contribution in [3.8, 4) is 0 Å². The van der Waals surface area contributed by atoms with Crippen LogP contribution in [0.15, 0.2) is 96.0 Å². The number of pyridine rings is 1. The summed E-state index contributed by atoms with van der Waals surface area (Å²) in [4.78, 5) is 17.4. The summed E-state index contributed by atoms with van der Waals surface area (Å²) < 4.78 is 29.2. The zero-order valence-electron chi connectivity index (χ0n) is 17.5. The van der Waals surface area contributed by atoms with Crippen molar-refractivity contribution < 1.29 is 13.2 Å². The fourth-order valence-corrected chi connectivity index (χ4v) is 4.82. The van der Waals surface area contributed by atoms with Crippen LogP contribution in [0.25, 0.3) is 10.9 Å². The van der Waals surface area contributed by atoms with E-state index in [1.165, 1.54) is 6.07 Å². The van der Waals surface area contributed by atoms with E-state index in [-0.39, 0.29) is 11.3 Å². The molecule has 0 bridgehead atoms. The number of anilines is 1. The molecule has 3 aromatic carbocycles. The smallest absolute Gasteiger partial charge is 0.243 e. The van der Waals surface area contributed by atoms with Gasteiger partial charge in [0.15, 0.2) is 0 Å². The number of carbonyl (C=O) groups excluding carboxylic acids is 1. The summed E-state index contributed by atoms with van der Waals surface area (Å²) in [5, 5.41) is 3.53. The molecule has 0 fully saturated rings. The van der Waals surface area contributed by atoms with Crippen molar-refractivity contribution in [1.29, 1.82) is 0 Å². The summed E-state index contributed by atoms with van der Waals surface area (Å²) in [6.45, 7) is 1.95. The number of fused-ring (bicyclic) bond motifs is 1. The van der Waals surface area contributed by atoms with E-state index in [2.05, 4.69) is 15.0 Å². The minimum atomic E-state index is -4.02. The standard InChI is InChI=1S/C25H23N3O3S/c1-18-12-14-21(15-13-18)27-25(29)22(17-19-7-3-2-4-8-19)28-32(30,31)23-11-5-9-20-10-6-16-26-24(20)23/h2-16,22,28H,17H2,1H3,(H,27,29)/t22-/m0/s1. The molecule has 0 unspecified atom stereocenters. The van der Waals surface area contributed by atoms with Crippen molar-refractivity contribution in [1.82, 2.24) is 9.71 Å². The average Bonchev–Trinajstić information content (AvgIpc) is 2.80. The SMILES string of the molecule is Cc1ccc(NC(=O)[C@H](Cc2ccccc2)NS(=O)(=O)c2cccc3cccnc23)cc1. The van der Waals surface area contributed by atoms with E-state index in [1.807, 2.05) is 49.4 Å². The van der Waals surface area contributed by atoms with Gasteiger partial charge >= 0.3 is 0 Å². The molecular formula is C25H23N3O3S. The number of sulfonamides is 1. The molecule has 4 rings (SSSR count). The molecule has 6 nitrogen and oxygen atoms in total. The van der Waals surface area contributed by atoms with E-state index >= 15 is 0 Å². The fraction of sp³-hybridized carbons (Fsp3) is 0.120. The summed E-state index contributed by atoms with van der Waals surface area (Å²) in [6, 6.07) is 24.1. The van der Waals surface area contributed by atoms with Crippen LogP contribution in [0, 0.1) is 6.92 Å². The molecule has 1 atom stereocenters. The zero-order valence-corrected chi connectivity index (χ0v) is 18.3. The molecule has 1 aromatic heterocycles. The van der Waals surface area contributed by atoms with E-state index in [9.17, 15) is 13.2 Å². The number of rotatable bonds is 7. The molecule has 162 valence electrons. The molecule has 0 aliphatic carbocycles. The number of aromatic nitrogens is 1. The summed E-state index contributed by atoms with van der Waals surface area (Å²) in [6.07, 6.45) is 1.75. The van der Waals surface area contributed by atoms with Crippen molar-refractivity contribution in [2.45, 2.75) is 24.3 Å². The molecule has 1 heterocycles. The first-order valence-corrected chi connectivity index (χ1v) is 11.7. The van der Waals surface area contributed by atoms with Crippen LogP contribution in [0.2, 0.25) is 0 Å². The highest BCUT2D eigenvalue weighted by Gasteiger charge is 2.27. The number of aryl methyl sites for hydroxylation is 1. The maximum atomic E-state index is 13.3. The third kappa shape index (κ3) is 5.01. The van der Waals surface area contributed by atoms with Crippen LogP contribution in [0.3, 0.4) is 0 Å². The Kier molecular flexibility index (Phi) is 6.30. The molecule has 32 heavy (non-hydrogen) atoms. The summed E-state index contributed by atoms with van der Waals surface area (Å²) >= 11 is 0. The molecule has 7 heteroatoms. The third-order valence-corrected chi connectivity index (χ3v) is 6.60. The van der Waals surface area contributed by atoms with Gasteiger partial charge in [-0.15, -0.1) is 0 Å². The quantitative estimate of drug-likeness (QED) is 0.449. The Morgan fingerprint density at radius 1 is 0.906 bits per heavy atom. The van der Waals surface area contributed by atoms with Gasteiger partial charge in [0.05, 0.1) is 5.52 Å². The summed E-state index contributed by atoms with van der Waals surface area (Å²) in [5.74, 6) is -0.436. The van der Waals surface area contributed by atoms with Crippen LogP contribution >= 0.6 is 0 Å². The minimum Gasteiger partial charge on any atom is -0.325 e. The van der Waals surface area contributed by atoms with Gasteiger partial charge in [-0.05, 0) is 43.2 Å². The molecule has 0 aliphatic rings. The number of para-hydroxylation sites is 1. The zero-order chi connectivity index (χ0) is 22.6. The Balaban J connectivity index is 1.65. The highest BCUT2D eigenvalue weighted by Crippen LogP contribution is 2.21. The number of benzene rings is 3. The number of amides is 1. The second-order valence-electron chi connectivity index (χ2n) is 7.55. The van der Waals surface area contributed by atoms with Gasteiger partial charge in [0.25, 0.3) is 0 Å². The summed E-state index contributed by atoms with van der Waals surface area (Å²) in [7, 11) is -4.02. The maximum Gasteiger partial charge on any atom is 0.243 e. The van der Waals surface area contributed by atoms with E-state index in [4.69, 9.17) is 0 Å².